The third kappa shape index (κ3) is 2.65. The number of fused-ring (bicyclic) bond motifs is 1. The quantitative estimate of drug-likeness (QED) is 0.560. The first-order chi connectivity index (χ1) is 12.2. The Hall–Kier alpha value is -3.48. The molecule has 0 bridgehead atoms. The van der Waals surface area contributed by atoms with Crippen LogP contribution < -0.4 is 10.5 Å². The number of halogens is 1. The molecule has 124 valence electrons. The number of aromatic amines is 1. The van der Waals surface area contributed by atoms with Gasteiger partial charge in [0.25, 0.3) is 0 Å². The summed E-state index contributed by atoms with van der Waals surface area (Å²) in [6, 6.07) is 8.67. The summed E-state index contributed by atoms with van der Waals surface area (Å²) in [5.74, 6) is 0.378. The fourth-order valence-corrected chi connectivity index (χ4v) is 2.78. The lowest BCUT2D eigenvalue weighted by Gasteiger charge is -2.08. The van der Waals surface area contributed by atoms with Gasteiger partial charge in [-0.1, -0.05) is 0 Å². The number of nitrogens with one attached hydrogen (secondary N) is 1. The molecule has 0 aliphatic carbocycles. The van der Waals surface area contributed by atoms with Crippen molar-refractivity contribution in [1.82, 2.24) is 19.9 Å². The third-order valence-electron chi connectivity index (χ3n) is 3.99. The van der Waals surface area contributed by atoms with Crippen LogP contribution in [0.1, 0.15) is 0 Å². The van der Waals surface area contributed by atoms with Gasteiger partial charge in [0.2, 0.25) is 11.9 Å². The summed E-state index contributed by atoms with van der Waals surface area (Å²) >= 11 is 0. The van der Waals surface area contributed by atoms with Crippen molar-refractivity contribution in [3.8, 4) is 28.1 Å². The summed E-state index contributed by atoms with van der Waals surface area (Å²) in [6.07, 6.45) is 4.92. The van der Waals surface area contributed by atoms with E-state index < -0.39 is 5.95 Å². The van der Waals surface area contributed by atoms with Crippen LogP contribution in [-0.2, 0) is 0 Å². The van der Waals surface area contributed by atoms with E-state index in [9.17, 15) is 4.39 Å². The van der Waals surface area contributed by atoms with E-state index in [0.29, 0.717) is 11.3 Å². The molecule has 0 radical (unpaired) electrons. The van der Waals surface area contributed by atoms with Gasteiger partial charge in [-0.25, -0.2) is 15.0 Å². The molecule has 3 N–H and O–H groups in total. The minimum atomic E-state index is -0.541. The predicted octanol–water partition coefficient (Wildman–Crippen LogP) is 3.42. The number of methoxy groups -OCH3 is 1. The fourth-order valence-electron chi connectivity index (χ4n) is 2.78. The lowest BCUT2D eigenvalue weighted by molar-refractivity contribution is 0.415. The molecule has 6 nitrogen and oxygen atoms in total. The zero-order valence-corrected chi connectivity index (χ0v) is 13.3. The summed E-state index contributed by atoms with van der Waals surface area (Å²) in [4.78, 5) is 15.4. The van der Waals surface area contributed by atoms with Gasteiger partial charge in [-0.3, -0.25) is 0 Å². The van der Waals surface area contributed by atoms with Crippen LogP contribution in [0.2, 0.25) is 0 Å². The van der Waals surface area contributed by atoms with Crippen molar-refractivity contribution in [2.45, 2.75) is 0 Å². The van der Waals surface area contributed by atoms with E-state index in [4.69, 9.17) is 10.5 Å². The van der Waals surface area contributed by atoms with Gasteiger partial charge in [0, 0.05) is 52.3 Å². The van der Waals surface area contributed by atoms with Crippen LogP contribution in [0.4, 0.5) is 10.3 Å². The lowest BCUT2D eigenvalue weighted by atomic mass is 10.0. The van der Waals surface area contributed by atoms with Crippen LogP contribution in [0.15, 0.2) is 48.9 Å². The largest absolute Gasteiger partial charge is 0.497 e. The monoisotopic (exact) mass is 335 g/mol. The number of nitrogens with two attached hydrogens (primary N) is 1. The number of hydrogen-bond acceptors (Lipinski definition) is 5. The van der Waals surface area contributed by atoms with E-state index in [1.807, 2.05) is 24.4 Å². The topological polar surface area (TPSA) is 89.7 Å². The maximum absolute atomic E-state index is 13.1. The molecule has 4 aromatic rings. The Balaban J connectivity index is 1.93. The van der Waals surface area contributed by atoms with E-state index in [1.54, 1.807) is 19.4 Å². The molecular weight excluding hydrogens is 321 g/mol. The molecule has 25 heavy (non-hydrogen) atoms. The maximum Gasteiger partial charge on any atom is 0.220 e. The van der Waals surface area contributed by atoms with Gasteiger partial charge in [-0.2, -0.15) is 4.39 Å². The van der Waals surface area contributed by atoms with Crippen molar-refractivity contribution in [1.29, 1.82) is 0 Å². The van der Waals surface area contributed by atoms with E-state index in [2.05, 4.69) is 19.9 Å². The summed E-state index contributed by atoms with van der Waals surface area (Å²) in [6.45, 7) is 0. The molecule has 0 spiro atoms. The van der Waals surface area contributed by atoms with Gasteiger partial charge in [-0.15, -0.1) is 0 Å². The molecule has 7 heteroatoms. The maximum atomic E-state index is 13.1. The van der Waals surface area contributed by atoms with Crippen LogP contribution in [0.25, 0.3) is 33.3 Å². The number of aromatic nitrogens is 4. The molecule has 0 unspecified atom stereocenters. The number of benzene rings is 1. The first kappa shape index (κ1) is 15.1. The normalized spacial score (nSPS) is 11.0. The predicted molar refractivity (Wildman–Crippen MR) is 93.5 cm³/mol. The van der Waals surface area contributed by atoms with Crippen molar-refractivity contribution in [2.75, 3.05) is 12.8 Å². The van der Waals surface area contributed by atoms with Gasteiger partial charge in [0.15, 0.2) is 0 Å². The van der Waals surface area contributed by atoms with Crippen molar-refractivity contribution in [3.05, 3.63) is 54.9 Å². The van der Waals surface area contributed by atoms with E-state index in [1.165, 1.54) is 12.3 Å². The lowest BCUT2D eigenvalue weighted by Crippen LogP contribution is -1.98. The molecule has 4 rings (SSSR count). The summed E-state index contributed by atoms with van der Waals surface area (Å²) in [5.41, 5.74) is 9.65. The second kappa shape index (κ2) is 5.86. The van der Waals surface area contributed by atoms with Gasteiger partial charge in [-0.05, 0) is 24.3 Å². The van der Waals surface area contributed by atoms with Crippen molar-refractivity contribution >= 4 is 16.9 Å². The molecule has 0 saturated carbocycles. The Kier molecular flexibility index (Phi) is 3.53. The van der Waals surface area contributed by atoms with Crippen LogP contribution in [-0.4, -0.2) is 27.0 Å². The highest BCUT2D eigenvalue weighted by Crippen LogP contribution is 2.35. The Bertz CT molecular complexity index is 1060. The van der Waals surface area contributed by atoms with Crippen molar-refractivity contribution in [2.24, 2.45) is 0 Å². The number of rotatable bonds is 3. The molecule has 3 heterocycles. The highest BCUT2D eigenvalue weighted by molar-refractivity contribution is 5.98. The molecule has 3 aromatic heterocycles. The summed E-state index contributed by atoms with van der Waals surface area (Å²) in [7, 11) is 1.62. The zero-order valence-electron chi connectivity index (χ0n) is 13.3. The third-order valence-corrected chi connectivity index (χ3v) is 3.99. The number of nitrogen functional groups attached to an aromatic ring is 1. The molecule has 1 aromatic carbocycles. The Morgan fingerprint density at radius 1 is 1.08 bits per heavy atom. The second-order valence-electron chi connectivity index (χ2n) is 5.47. The van der Waals surface area contributed by atoms with Crippen molar-refractivity contribution < 1.29 is 9.13 Å². The highest BCUT2D eigenvalue weighted by Gasteiger charge is 2.15. The van der Waals surface area contributed by atoms with E-state index in [-0.39, 0.29) is 5.95 Å². The Labute approximate surface area is 142 Å². The number of ether oxygens (including phenoxy) is 1. The van der Waals surface area contributed by atoms with Crippen LogP contribution in [0.5, 0.6) is 5.75 Å². The molecule has 0 aliphatic rings. The Morgan fingerprint density at radius 2 is 1.96 bits per heavy atom. The summed E-state index contributed by atoms with van der Waals surface area (Å²) < 4.78 is 18.4. The SMILES string of the molecule is COc1ccc2c(-c3nc(N)ncc3-c3ccc(F)nc3)c[nH]c2c1. The average Bonchev–Trinajstić information content (AvgIpc) is 3.05. The van der Waals surface area contributed by atoms with Gasteiger partial charge in [0.05, 0.1) is 12.8 Å². The number of anilines is 1. The molecule has 0 fully saturated rings. The van der Waals surface area contributed by atoms with Crippen LogP contribution in [0.3, 0.4) is 0 Å². The first-order valence-corrected chi connectivity index (χ1v) is 7.55. The van der Waals surface area contributed by atoms with E-state index >= 15 is 0 Å². The molecular formula is C18H14FN5O. The first-order valence-electron chi connectivity index (χ1n) is 7.55. The highest BCUT2D eigenvalue weighted by atomic mass is 19.1. The number of H-pyrrole nitrogens is 1. The van der Waals surface area contributed by atoms with Crippen LogP contribution >= 0.6 is 0 Å². The minimum Gasteiger partial charge on any atom is -0.497 e. The molecule has 0 aliphatic heterocycles. The fraction of sp³-hybridized carbons (Fsp3) is 0.0556. The molecule has 0 amide bonds. The smallest absolute Gasteiger partial charge is 0.220 e. The van der Waals surface area contributed by atoms with Crippen LogP contribution in [0, 0.1) is 5.95 Å². The second-order valence-corrected chi connectivity index (χ2v) is 5.47. The van der Waals surface area contributed by atoms with Gasteiger partial charge < -0.3 is 15.5 Å². The Morgan fingerprint density at radius 3 is 2.72 bits per heavy atom. The minimum absolute atomic E-state index is 0.164. The van der Waals surface area contributed by atoms with E-state index in [0.717, 1.165) is 27.8 Å². The number of pyridine rings is 1. The zero-order chi connectivity index (χ0) is 17.4. The van der Waals surface area contributed by atoms with Gasteiger partial charge in [0.1, 0.15) is 5.75 Å². The van der Waals surface area contributed by atoms with Crippen molar-refractivity contribution in [3.63, 3.8) is 0 Å². The summed E-state index contributed by atoms with van der Waals surface area (Å²) in [5, 5.41) is 0.968. The molecule has 0 saturated heterocycles. The van der Waals surface area contributed by atoms with Gasteiger partial charge >= 0.3 is 0 Å². The number of hydrogen-bond donors (Lipinski definition) is 2. The number of nitrogens with zero attached hydrogens (tertiary/aromatic N) is 3. The average molecular weight is 335 g/mol. The molecule has 0 atom stereocenters. The standard InChI is InChI=1S/C18H14FN5O/c1-25-11-3-4-12-14(9-21-15(12)6-11)17-13(8-23-18(20)24-17)10-2-5-16(19)22-7-10/h2-9,21H,1H3,(H2,20,23,24).